The van der Waals surface area contributed by atoms with Crippen LogP contribution >= 0.6 is 11.6 Å². The highest BCUT2D eigenvalue weighted by atomic mass is 35.5. The van der Waals surface area contributed by atoms with Gasteiger partial charge in [0.05, 0.1) is 6.04 Å². The first-order chi connectivity index (χ1) is 12.8. The van der Waals surface area contributed by atoms with Crippen molar-refractivity contribution in [1.29, 1.82) is 0 Å². The Bertz CT molecular complexity index is 827. The minimum Gasteiger partial charge on any atom is -0.454 e. The van der Waals surface area contributed by atoms with Gasteiger partial charge in [-0.05, 0) is 48.9 Å². The molecule has 8 heteroatoms. The number of ether oxygens (including phenoxy) is 1. The van der Waals surface area contributed by atoms with Gasteiger partial charge in [-0.15, -0.1) is 0 Å². The van der Waals surface area contributed by atoms with Crippen molar-refractivity contribution >= 4 is 29.4 Å². The standard InChI is InChI=1S/C19H18ClFN2O4/c1-12(14-3-2-4-15(20)9-14)23-17(24)11-27-18(25)10-22-19(26)13-5-7-16(21)8-6-13/h2-9,12H,10-11H2,1H3,(H,22,26)(H,23,24)/t12-/m1/s1. The largest absolute Gasteiger partial charge is 0.454 e. The smallest absolute Gasteiger partial charge is 0.325 e. The highest BCUT2D eigenvalue weighted by molar-refractivity contribution is 6.30. The summed E-state index contributed by atoms with van der Waals surface area (Å²) in [6.07, 6.45) is 0. The summed E-state index contributed by atoms with van der Waals surface area (Å²) in [5, 5.41) is 5.56. The Morgan fingerprint density at radius 1 is 1.15 bits per heavy atom. The molecule has 0 aliphatic carbocycles. The molecule has 0 bridgehead atoms. The molecule has 0 radical (unpaired) electrons. The van der Waals surface area contributed by atoms with Crippen molar-refractivity contribution in [2.24, 2.45) is 0 Å². The molecule has 2 rings (SSSR count). The van der Waals surface area contributed by atoms with E-state index in [4.69, 9.17) is 16.3 Å². The van der Waals surface area contributed by atoms with Crippen LogP contribution in [0.3, 0.4) is 0 Å². The Morgan fingerprint density at radius 3 is 2.52 bits per heavy atom. The van der Waals surface area contributed by atoms with Crippen LogP contribution in [0.25, 0.3) is 0 Å². The van der Waals surface area contributed by atoms with Gasteiger partial charge in [0.2, 0.25) is 0 Å². The molecule has 2 aromatic carbocycles. The summed E-state index contributed by atoms with van der Waals surface area (Å²) in [5.74, 6) is -2.27. The average Bonchev–Trinajstić information content (AvgIpc) is 2.65. The predicted octanol–water partition coefficient (Wildman–Crippen LogP) is 2.63. The van der Waals surface area contributed by atoms with Gasteiger partial charge in [-0.3, -0.25) is 14.4 Å². The Morgan fingerprint density at radius 2 is 1.85 bits per heavy atom. The average molecular weight is 393 g/mol. The number of carbonyl (C=O) groups excluding carboxylic acids is 3. The Labute approximate surface area is 160 Å². The van der Waals surface area contributed by atoms with Crippen LogP contribution < -0.4 is 10.6 Å². The van der Waals surface area contributed by atoms with Gasteiger partial charge in [0, 0.05) is 10.6 Å². The van der Waals surface area contributed by atoms with Crippen LogP contribution in [0.1, 0.15) is 28.9 Å². The van der Waals surface area contributed by atoms with Gasteiger partial charge in [0.15, 0.2) is 6.61 Å². The molecule has 27 heavy (non-hydrogen) atoms. The lowest BCUT2D eigenvalue weighted by Gasteiger charge is -2.14. The molecule has 142 valence electrons. The molecular formula is C19H18ClFN2O4. The third-order valence-electron chi connectivity index (χ3n) is 3.59. The van der Waals surface area contributed by atoms with Crippen molar-refractivity contribution in [3.05, 3.63) is 70.5 Å². The van der Waals surface area contributed by atoms with Crippen molar-refractivity contribution in [2.45, 2.75) is 13.0 Å². The summed E-state index contributed by atoms with van der Waals surface area (Å²) < 4.78 is 17.6. The molecule has 0 unspecified atom stereocenters. The summed E-state index contributed by atoms with van der Waals surface area (Å²) in [5.41, 5.74) is 1.02. The maximum absolute atomic E-state index is 12.8. The number of hydrogen-bond acceptors (Lipinski definition) is 4. The molecule has 0 fully saturated rings. The maximum atomic E-state index is 12.8. The molecule has 6 nitrogen and oxygen atoms in total. The molecule has 2 amide bonds. The number of hydrogen-bond donors (Lipinski definition) is 2. The van der Waals surface area contributed by atoms with Crippen LogP contribution in [0.15, 0.2) is 48.5 Å². The van der Waals surface area contributed by atoms with E-state index in [2.05, 4.69) is 10.6 Å². The fourth-order valence-corrected chi connectivity index (χ4v) is 2.39. The Hall–Kier alpha value is -2.93. The second-order valence-corrected chi connectivity index (χ2v) is 6.13. The lowest BCUT2D eigenvalue weighted by atomic mass is 10.1. The first-order valence-electron chi connectivity index (χ1n) is 8.09. The van der Waals surface area contributed by atoms with E-state index in [0.717, 1.165) is 17.7 Å². The molecular weight excluding hydrogens is 375 g/mol. The van der Waals surface area contributed by atoms with E-state index in [9.17, 15) is 18.8 Å². The van der Waals surface area contributed by atoms with Gasteiger partial charge in [-0.2, -0.15) is 0 Å². The first kappa shape index (κ1) is 20.4. The number of rotatable bonds is 7. The fourth-order valence-electron chi connectivity index (χ4n) is 2.20. The lowest BCUT2D eigenvalue weighted by Crippen LogP contribution is -2.34. The topological polar surface area (TPSA) is 84.5 Å². The van der Waals surface area contributed by atoms with Crippen LogP contribution in [0.2, 0.25) is 5.02 Å². The van der Waals surface area contributed by atoms with Crippen molar-refractivity contribution < 1.29 is 23.5 Å². The molecule has 2 N–H and O–H groups in total. The minimum absolute atomic E-state index is 0.206. The molecule has 0 aromatic heterocycles. The minimum atomic E-state index is -0.768. The number of amides is 2. The third kappa shape index (κ3) is 6.71. The zero-order valence-electron chi connectivity index (χ0n) is 14.5. The molecule has 0 heterocycles. The second-order valence-electron chi connectivity index (χ2n) is 5.69. The SMILES string of the molecule is C[C@@H](NC(=O)COC(=O)CNC(=O)c1ccc(F)cc1)c1cccc(Cl)c1. The van der Waals surface area contributed by atoms with Crippen molar-refractivity contribution in [3.63, 3.8) is 0 Å². The van der Waals surface area contributed by atoms with Crippen LogP contribution in [-0.2, 0) is 14.3 Å². The van der Waals surface area contributed by atoms with E-state index in [0.29, 0.717) is 5.02 Å². The maximum Gasteiger partial charge on any atom is 0.325 e. The van der Waals surface area contributed by atoms with E-state index in [1.165, 1.54) is 12.1 Å². The van der Waals surface area contributed by atoms with Crippen molar-refractivity contribution in [2.75, 3.05) is 13.2 Å². The van der Waals surface area contributed by atoms with E-state index in [1.54, 1.807) is 25.1 Å². The fraction of sp³-hybridized carbons (Fsp3) is 0.211. The molecule has 0 spiro atoms. The number of benzene rings is 2. The van der Waals surface area contributed by atoms with E-state index < -0.39 is 36.8 Å². The third-order valence-corrected chi connectivity index (χ3v) is 3.83. The number of carbonyl (C=O) groups is 3. The number of nitrogens with one attached hydrogen (secondary N) is 2. The van der Waals surface area contributed by atoms with E-state index in [-0.39, 0.29) is 11.6 Å². The van der Waals surface area contributed by atoms with Crippen LogP contribution in [0.5, 0.6) is 0 Å². The van der Waals surface area contributed by atoms with Gasteiger partial charge >= 0.3 is 5.97 Å². The Balaban J connectivity index is 1.72. The van der Waals surface area contributed by atoms with E-state index >= 15 is 0 Å². The highest BCUT2D eigenvalue weighted by Gasteiger charge is 2.13. The molecule has 0 saturated carbocycles. The predicted molar refractivity (Wildman–Crippen MR) is 97.7 cm³/mol. The second kappa shape index (κ2) is 9.68. The van der Waals surface area contributed by atoms with Gasteiger partial charge in [-0.25, -0.2) is 4.39 Å². The summed E-state index contributed by atoms with van der Waals surface area (Å²) in [6, 6.07) is 11.6. The van der Waals surface area contributed by atoms with Crippen molar-refractivity contribution in [3.8, 4) is 0 Å². The van der Waals surface area contributed by atoms with E-state index in [1.807, 2.05) is 6.07 Å². The summed E-state index contributed by atoms with van der Waals surface area (Å²) in [6.45, 7) is 0.887. The van der Waals surface area contributed by atoms with Gasteiger partial charge in [-0.1, -0.05) is 23.7 Å². The van der Waals surface area contributed by atoms with Crippen LogP contribution in [-0.4, -0.2) is 30.9 Å². The van der Waals surface area contributed by atoms with Crippen LogP contribution in [0, 0.1) is 5.82 Å². The number of halogens is 2. The van der Waals surface area contributed by atoms with Crippen LogP contribution in [0.4, 0.5) is 4.39 Å². The highest BCUT2D eigenvalue weighted by Crippen LogP contribution is 2.17. The molecule has 0 saturated heterocycles. The molecule has 2 aromatic rings. The lowest BCUT2D eigenvalue weighted by molar-refractivity contribution is -0.147. The zero-order valence-corrected chi connectivity index (χ0v) is 15.3. The summed E-state index contributed by atoms with van der Waals surface area (Å²) in [4.78, 5) is 35.3. The first-order valence-corrected chi connectivity index (χ1v) is 8.47. The zero-order chi connectivity index (χ0) is 19.8. The monoisotopic (exact) mass is 392 g/mol. The Kier molecular flexibility index (Phi) is 7.31. The summed E-state index contributed by atoms with van der Waals surface area (Å²) >= 11 is 5.91. The summed E-state index contributed by atoms with van der Waals surface area (Å²) in [7, 11) is 0. The molecule has 1 atom stereocenters. The normalized spacial score (nSPS) is 11.4. The molecule has 0 aliphatic heterocycles. The van der Waals surface area contributed by atoms with Gasteiger partial charge in [0.1, 0.15) is 12.4 Å². The number of esters is 1. The van der Waals surface area contributed by atoms with Gasteiger partial charge < -0.3 is 15.4 Å². The van der Waals surface area contributed by atoms with Crippen molar-refractivity contribution in [1.82, 2.24) is 10.6 Å². The van der Waals surface area contributed by atoms with Gasteiger partial charge in [0.25, 0.3) is 11.8 Å². The quantitative estimate of drug-likeness (QED) is 0.709. The molecule has 0 aliphatic rings.